The van der Waals surface area contributed by atoms with Crippen LogP contribution in [-0.4, -0.2) is 75.8 Å². The van der Waals surface area contributed by atoms with E-state index < -0.39 is 45.2 Å². The number of ether oxygens (including phenoxy) is 1. The van der Waals surface area contributed by atoms with Crippen LogP contribution in [0.25, 0.3) is 0 Å². The monoisotopic (exact) mass is 584 g/mol. The number of piperidine rings is 1. The van der Waals surface area contributed by atoms with Crippen LogP contribution in [0.1, 0.15) is 37.8 Å². The highest BCUT2D eigenvalue weighted by Crippen LogP contribution is 2.42. The van der Waals surface area contributed by atoms with Gasteiger partial charge in [-0.2, -0.15) is 0 Å². The first-order valence-corrected chi connectivity index (χ1v) is 15.1. The average Bonchev–Trinajstić information content (AvgIpc) is 2.96. The first-order valence-electron chi connectivity index (χ1n) is 13.3. The molecule has 41 heavy (non-hydrogen) atoms. The van der Waals surface area contributed by atoms with Crippen LogP contribution in [0.3, 0.4) is 0 Å². The van der Waals surface area contributed by atoms with E-state index in [0.717, 1.165) is 6.26 Å². The normalized spacial score (nSPS) is 19.7. The molecule has 0 spiro atoms. The minimum absolute atomic E-state index is 0.112. The SMILES string of the molecule is COc1cccc(C(=O)[C@H]2CN(CCN(C)S(C)(=O)=O)C[C@H](C(=O)c3ccccc3F)[C@H]2c2cccc(F)c2C)c1. The van der Waals surface area contributed by atoms with Crippen molar-refractivity contribution in [2.45, 2.75) is 12.8 Å². The van der Waals surface area contributed by atoms with E-state index in [1.807, 2.05) is 4.90 Å². The van der Waals surface area contributed by atoms with Crippen molar-refractivity contribution in [1.82, 2.24) is 9.21 Å². The molecule has 0 radical (unpaired) electrons. The van der Waals surface area contributed by atoms with Gasteiger partial charge in [-0.1, -0.05) is 36.4 Å². The largest absolute Gasteiger partial charge is 0.497 e. The molecule has 0 saturated carbocycles. The Hall–Kier alpha value is -3.47. The summed E-state index contributed by atoms with van der Waals surface area (Å²) in [6.45, 7) is 2.29. The van der Waals surface area contributed by atoms with E-state index in [0.29, 0.717) is 22.4 Å². The molecule has 0 aliphatic carbocycles. The molecule has 1 aliphatic rings. The van der Waals surface area contributed by atoms with E-state index >= 15 is 0 Å². The van der Waals surface area contributed by atoms with Gasteiger partial charge in [-0.25, -0.2) is 21.5 Å². The molecule has 0 bridgehead atoms. The van der Waals surface area contributed by atoms with Gasteiger partial charge in [0.15, 0.2) is 11.6 Å². The molecule has 7 nitrogen and oxygen atoms in total. The average molecular weight is 585 g/mol. The van der Waals surface area contributed by atoms with Gasteiger partial charge < -0.3 is 9.64 Å². The topological polar surface area (TPSA) is 84.0 Å². The molecule has 4 rings (SSSR count). The standard InChI is InChI=1S/C31H34F2N2O5S/c1-20-23(12-8-14-27(20)32)29-25(30(36)21-9-7-10-22(17-21)40-3)18-35(16-15-34(2)41(4,38)39)19-26(29)31(37)24-11-5-6-13-28(24)33/h5-14,17,25-26,29H,15-16,18-19H2,1-4H3/t25-,26-,29-/m0/s1. The lowest BCUT2D eigenvalue weighted by molar-refractivity contribution is 0.0563. The third-order valence-corrected chi connectivity index (χ3v) is 9.22. The molecular formula is C31H34F2N2O5S. The summed E-state index contributed by atoms with van der Waals surface area (Å²) in [5, 5.41) is 0. The number of carbonyl (C=O) groups excluding carboxylic acids is 2. The van der Waals surface area contributed by atoms with Crippen molar-refractivity contribution in [2.24, 2.45) is 11.8 Å². The summed E-state index contributed by atoms with van der Waals surface area (Å²) >= 11 is 0. The fourth-order valence-corrected chi connectivity index (χ4v) is 5.94. The third-order valence-electron chi connectivity index (χ3n) is 7.91. The number of benzene rings is 3. The second-order valence-electron chi connectivity index (χ2n) is 10.5. The molecular weight excluding hydrogens is 550 g/mol. The number of rotatable bonds is 10. The van der Waals surface area contributed by atoms with Crippen molar-refractivity contribution in [2.75, 3.05) is 46.6 Å². The maximum atomic E-state index is 14.9. The van der Waals surface area contributed by atoms with Crippen molar-refractivity contribution in [3.8, 4) is 5.75 Å². The quantitative estimate of drug-likeness (QED) is 0.325. The Morgan fingerprint density at radius 1 is 0.951 bits per heavy atom. The number of hydrogen-bond donors (Lipinski definition) is 0. The Bertz CT molecular complexity index is 1540. The highest BCUT2D eigenvalue weighted by Gasteiger charge is 2.46. The van der Waals surface area contributed by atoms with E-state index in [-0.39, 0.29) is 37.5 Å². The van der Waals surface area contributed by atoms with Crippen molar-refractivity contribution in [3.05, 3.63) is 101 Å². The Morgan fingerprint density at radius 3 is 2.24 bits per heavy atom. The summed E-state index contributed by atoms with van der Waals surface area (Å²) in [5.74, 6) is -3.94. The number of Topliss-reactive ketones (excluding diaryl/α,β-unsaturated/α-hetero) is 2. The van der Waals surface area contributed by atoms with E-state index in [1.165, 1.54) is 42.7 Å². The Balaban J connectivity index is 1.85. The van der Waals surface area contributed by atoms with Crippen LogP contribution in [0.5, 0.6) is 5.75 Å². The zero-order valence-corrected chi connectivity index (χ0v) is 24.3. The maximum Gasteiger partial charge on any atom is 0.210 e. The summed E-state index contributed by atoms with van der Waals surface area (Å²) in [7, 11) is -0.509. The highest BCUT2D eigenvalue weighted by atomic mass is 32.2. The number of methoxy groups -OCH3 is 1. The molecule has 0 amide bonds. The molecule has 3 atom stereocenters. The van der Waals surface area contributed by atoms with Gasteiger partial charge in [0.1, 0.15) is 17.4 Å². The zero-order chi connectivity index (χ0) is 29.9. The van der Waals surface area contributed by atoms with Crippen LogP contribution >= 0.6 is 0 Å². The minimum atomic E-state index is -3.46. The van der Waals surface area contributed by atoms with Crippen LogP contribution in [0.4, 0.5) is 8.78 Å². The lowest BCUT2D eigenvalue weighted by Gasteiger charge is -2.44. The molecule has 0 N–H and O–H groups in total. The van der Waals surface area contributed by atoms with Crippen LogP contribution in [0.2, 0.25) is 0 Å². The van der Waals surface area contributed by atoms with Gasteiger partial charge in [0.2, 0.25) is 10.0 Å². The van der Waals surface area contributed by atoms with E-state index in [2.05, 4.69) is 0 Å². The Kier molecular flexibility index (Phi) is 9.36. The van der Waals surface area contributed by atoms with E-state index in [4.69, 9.17) is 4.74 Å². The smallest absolute Gasteiger partial charge is 0.210 e. The molecule has 1 saturated heterocycles. The molecule has 10 heteroatoms. The number of likely N-dealkylation sites (N-methyl/N-ethyl adjacent to an activating group) is 1. The number of sulfonamides is 1. The van der Waals surface area contributed by atoms with Gasteiger partial charge in [0.25, 0.3) is 0 Å². The van der Waals surface area contributed by atoms with Crippen LogP contribution < -0.4 is 4.74 Å². The molecule has 218 valence electrons. The number of carbonyl (C=O) groups is 2. The van der Waals surface area contributed by atoms with Crippen molar-refractivity contribution in [3.63, 3.8) is 0 Å². The fraction of sp³-hybridized carbons (Fsp3) is 0.355. The van der Waals surface area contributed by atoms with Gasteiger partial charge in [-0.05, 0) is 48.4 Å². The molecule has 0 unspecified atom stereocenters. The number of hydrogen-bond acceptors (Lipinski definition) is 6. The van der Waals surface area contributed by atoms with E-state index in [1.54, 1.807) is 49.4 Å². The number of halogens is 2. The molecule has 0 aromatic heterocycles. The highest BCUT2D eigenvalue weighted by molar-refractivity contribution is 7.88. The summed E-state index contributed by atoms with van der Waals surface area (Å²) in [6.07, 6.45) is 1.10. The first kappa shape index (κ1) is 30.5. The summed E-state index contributed by atoms with van der Waals surface area (Å²) in [6, 6.07) is 16.9. The van der Waals surface area contributed by atoms with Gasteiger partial charge in [0.05, 0.1) is 18.9 Å². The third kappa shape index (κ3) is 6.72. The predicted octanol–water partition coefficient (Wildman–Crippen LogP) is 4.57. The van der Waals surface area contributed by atoms with Gasteiger partial charge in [0, 0.05) is 56.5 Å². The first-order chi connectivity index (χ1) is 19.4. The van der Waals surface area contributed by atoms with E-state index in [9.17, 15) is 26.8 Å². The Morgan fingerprint density at radius 2 is 1.59 bits per heavy atom. The van der Waals surface area contributed by atoms with Crippen LogP contribution in [0.15, 0.2) is 66.7 Å². The summed E-state index contributed by atoms with van der Waals surface area (Å²) < 4.78 is 60.4. The Labute approximate surface area is 239 Å². The van der Waals surface area contributed by atoms with Gasteiger partial charge >= 0.3 is 0 Å². The molecule has 3 aromatic rings. The number of likely N-dealkylation sites (tertiary alicyclic amines) is 1. The number of ketones is 2. The second-order valence-corrected chi connectivity index (χ2v) is 12.6. The lowest BCUT2D eigenvalue weighted by Crippen LogP contribution is -2.52. The molecule has 1 aliphatic heterocycles. The van der Waals surface area contributed by atoms with Crippen molar-refractivity contribution >= 4 is 21.6 Å². The van der Waals surface area contributed by atoms with Crippen molar-refractivity contribution < 1.29 is 31.5 Å². The zero-order valence-electron chi connectivity index (χ0n) is 23.5. The second kappa shape index (κ2) is 12.6. The summed E-state index contributed by atoms with van der Waals surface area (Å²) in [5.41, 5.74) is 1.08. The van der Waals surface area contributed by atoms with Crippen molar-refractivity contribution in [1.29, 1.82) is 0 Å². The molecule has 1 heterocycles. The maximum absolute atomic E-state index is 14.9. The number of nitrogens with zero attached hydrogens (tertiary/aromatic N) is 2. The fourth-order valence-electron chi connectivity index (χ4n) is 5.53. The van der Waals surface area contributed by atoms with Crippen LogP contribution in [0, 0.1) is 30.4 Å². The molecule has 1 fully saturated rings. The van der Waals surface area contributed by atoms with Gasteiger partial charge in [-0.3, -0.25) is 9.59 Å². The lowest BCUT2D eigenvalue weighted by atomic mass is 9.67. The minimum Gasteiger partial charge on any atom is -0.497 e. The predicted molar refractivity (Wildman–Crippen MR) is 153 cm³/mol. The molecule has 3 aromatic carbocycles. The van der Waals surface area contributed by atoms with Gasteiger partial charge in [-0.15, -0.1) is 0 Å². The summed E-state index contributed by atoms with van der Waals surface area (Å²) in [4.78, 5) is 30.1. The van der Waals surface area contributed by atoms with Crippen LogP contribution in [-0.2, 0) is 10.0 Å².